The zero-order chi connectivity index (χ0) is 17.2. The number of anilines is 1. The van der Waals surface area contributed by atoms with E-state index in [4.69, 9.17) is 0 Å². The van der Waals surface area contributed by atoms with Gasteiger partial charge in [0, 0.05) is 11.6 Å². The summed E-state index contributed by atoms with van der Waals surface area (Å²) in [5.74, 6) is 0. The maximum absolute atomic E-state index is 11.1. The fourth-order valence-corrected chi connectivity index (χ4v) is 3.57. The van der Waals surface area contributed by atoms with Crippen LogP contribution in [-0.4, -0.2) is 25.6 Å². The Morgan fingerprint density at radius 2 is 1.87 bits per heavy atom. The van der Waals surface area contributed by atoms with E-state index in [1.807, 2.05) is 20.8 Å². The fourth-order valence-electron chi connectivity index (χ4n) is 1.56. The third-order valence-electron chi connectivity index (χ3n) is 2.44. The Morgan fingerprint density at radius 3 is 2.43 bits per heavy atom. The molecule has 0 unspecified atom stereocenters. The van der Waals surface area contributed by atoms with Crippen molar-refractivity contribution in [1.29, 1.82) is 0 Å². The molecule has 1 N–H and O–H groups in total. The van der Waals surface area contributed by atoms with Crippen LogP contribution in [0.4, 0.5) is 16.5 Å². The summed E-state index contributed by atoms with van der Waals surface area (Å²) < 4.78 is 0.508. The van der Waals surface area contributed by atoms with Gasteiger partial charge in [0.1, 0.15) is 0 Å². The maximum atomic E-state index is 11.1. The van der Waals surface area contributed by atoms with Crippen molar-refractivity contribution in [3.05, 3.63) is 38.4 Å². The molecule has 0 amide bonds. The highest BCUT2D eigenvalue weighted by Gasteiger charge is 2.22. The summed E-state index contributed by atoms with van der Waals surface area (Å²) in [5.41, 5.74) is -0.834. The van der Waals surface area contributed by atoms with Gasteiger partial charge >= 0.3 is 0 Å². The van der Waals surface area contributed by atoms with Gasteiger partial charge < -0.3 is 5.32 Å². The minimum absolute atomic E-state index is 0.180. The van der Waals surface area contributed by atoms with E-state index in [1.165, 1.54) is 23.5 Å². The van der Waals surface area contributed by atoms with Gasteiger partial charge in [-0.25, -0.2) is 0 Å². The minimum Gasteiger partial charge on any atom is -0.355 e. The van der Waals surface area contributed by atoms with Crippen LogP contribution in [0.5, 0.6) is 0 Å². The Balaban J connectivity index is 2.26. The molecule has 122 valence electrons. The summed E-state index contributed by atoms with van der Waals surface area (Å²) in [6.07, 6.45) is 0. The van der Waals surface area contributed by atoms with Gasteiger partial charge in [0.15, 0.2) is 4.34 Å². The predicted molar refractivity (Wildman–Crippen MR) is 87.2 cm³/mol. The van der Waals surface area contributed by atoms with Crippen LogP contribution in [0, 0.1) is 20.2 Å². The Bertz CT molecular complexity index is 756. The van der Waals surface area contributed by atoms with Crippen LogP contribution >= 0.6 is 23.1 Å². The maximum Gasteiger partial charge on any atom is 0.290 e. The zero-order valence-corrected chi connectivity index (χ0v) is 14.1. The van der Waals surface area contributed by atoms with Gasteiger partial charge in [-0.2, -0.15) is 0 Å². The van der Waals surface area contributed by atoms with Crippen molar-refractivity contribution in [3.63, 3.8) is 0 Å². The number of aromatic nitrogens is 2. The first-order chi connectivity index (χ1) is 10.7. The van der Waals surface area contributed by atoms with Crippen LogP contribution < -0.4 is 5.32 Å². The summed E-state index contributed by atoms with van der Waals surface area (Å²) >= 11 is 2.31. The molecule has 0 spiro atoms. The lowest BCUT2D eigenvalue weighted by Crippen LogP contribution is -2.25. The van der Waals surface area contributed by atoms with E-state index < -0.39 is 9.85 Å². The molecule has 23 heavy (non-hydrogen) atoms. The van der Waals surface area contributed by atoms with Crippen LogP contribution in [0.2, 0.25) is 0 Å². The van der Waals surface area contributed by atoms with Crippen LogP contribution in [-0.2, 0) is 0 Å². The topological polar surface area (TPSA) is 124 Å². The molecule has 0 atom stereocenters. The first-order valence-electron chi connectivity index (χ1n) is 6.38. The lowest BCUT2D eigenvalue weighted by atomic mass is 10.1. The van der Waals surface area contributed by atoms with Crippen molar-refractivity contribution in [1.82, 2.24) is 10.2 Å². The van der Waals surface area contributed by atoms with Gasteiger partial charge in [0.05, 0.1) is 20.8 Å². The number of nitrogens with zero attached hydrogens (tertiary/aromatic N) is 4. The molecular formula is C12H13N5O4S2. The van der Waals surface area contributed by atoms with E-state index in [-0.39, 0.29) is 21.8 Å². The van der Waals surface area contributed by atoms with E-state index in [9.17, 15) is 20.2 Å². The number of benzene rings is 1. The molecule has 0 aliphatic heterocycles. The molecule has 2 rings (SSSR count). The number of hydrogen-bond acceptors (Lipinski definition) is 9. The van der Waals surface area contributed by atoms with Gasteiger partial charge in [-0.1, -0.05) is 11.3 Å². The number of nitrogens with one attached hydrogen (secondary N) is 1. The highest BCUT2D eigenvalue weighted by atomic mass is 32.2. The molecule has 0 fully saturated rings. The van der Waals surface area contributed by atoms with Crippen LogP contribution in [0.25, 0.3) is 0 Å². The second-order valence-electron chi connectivity index (χ2n) is 5.52. The van der Waals surface area contributed by atoms with Crippen molar-refractivity contribution < 1.29 is 9.85 Å². The average Bonchev–Trinajstić information content (AvgIpc) is 2.83. The van der Waals surface area contributed by atoms with Crippen molar-refractivity contribution in [3.8, 4) is 0 Å². The molecule has 0 bridgehead atoms. The van der Waals surface area contributed by atoms with E-state index >= 15 is 0 Å². The highest BCUT2D eigenvalue weighted by molar-refractivity contribution is 8.01. The van der Waals surface area contributed by atoms with Crippen molar-refractivity contribution in [2.75, 3.05) is 5.32 Å². The summed E-state index contributed by atoms with van der Waals surface area (Å²) in [7, 11) is 0. The lowest BCUT2D eigenvalue weighted by molar-refractivity contribution is -0.396. The fraction of sp³-hybridized carbons (Fsp3) is 0.333. The summed E-state index contributed by atoms with van der Waals surface area (Å²) in [4.78, 5) is 20.8. The van der Waals surface area contributed by atoms with Gasteiger partial charge in [-0.05, 0) is 38.6 Å². The Labute approximate surface area is 139 Å². The highest BCUT2D eigenvalue weighted by Crippen LogP contribution is 2.39. The second-order valence-corrected chi connectivity index (χ2v) is 7.78. The SMILES string of the molecule is CC(C)(C)Nc1nnc(Sc2ccc([N+](=O)[O-])cc2[N+](=O)[O-])s1. The largest absolute Gasteiger partial charge is 0.355 e. The molecule has 11 heteroatoms. The predicted octanol–water partition coefficient (Wildman–Crippen LogP) is 3.72. The number of nitro benzene ring substituents is 2. The number of rotatable bonds is 5. The average molecular weight is 355 g/mol. The normalized spacial score (nSPS) is 11.3. The van der Waals surface area contributed by atoms with Crippen molar-refractivity contribution >= 4 is 39.6 Å². The van der Waals surface area contributed by atoms with E-state index in [1.54, 1.807) is 0 Å². The smallest absolute Gasteiger partial charge is 0.290 e. The molecule has 2 aromatic rings. The molecule has 0 radical (unpaired) electrons. The first kappa shape index (κ1) is 17.1. The molecule has 0 aliphatic rings. The minimum atomic E-state index is -0.669. The van der Waals surface area contributed by atoms with Gasteiger partial charge in [0.2, 0.25) is 5.13 Å². The number of non-ortho nitro benzene ring substituents is 1. The van der Waals surface area contributed by atoms with Gasteiger partial charge in [-0.3, -0.25) is 20.2 Å². The standard InChI is InChI=1S/C12H13N5O4S2/c1-12(2,3)13-10-14-15-11(23-10)22-9-5-4-7(16(18)19)6-8(9)17(20)21/h4-6H,1-3H3,(H,13,14). The van der Waals surface area contributed by atoms with Crippen molar-refractivity contribution in [2.45, 2.75) is 35.5 Å². The number of nitro groups is 2. The molecule has 1 heterocycles. The Morgan fingerprint density at radius 1 is 1.17 bits per heavy atom. The zero-order valence-electron chi connectivity index (χ0n) is 12.5. The molecule has 1 aromatic carbocycles. The number of hydrogen-bond donors (Lipinski definition) is 1. The van der Waals surface area contributed by atoms with Crippen LogP contribution in [0.3, 0.4) is 0 Å². The molecule has 0 aliphatic carbocycles. The molecule has 1 aromatic heterocycles. The van der Waals surface area contributed by atoms with Crippen LogP contribution in [0.15, 0.2) is 27.4 Å². The van der Waals surface area contributed by atoms with E-state index in [2.05, 4.69) is 15.5 Å². The quantitative estimate of drug-likeness (QED) is 0.635. The molecule has 0 saturated carbocycles. The summed E-state index contributed by atoms with van der Waals surface area (Å²) in [6.45, 7) is 5.92. The first-order valence-corrected chi connectivity index (χ1v) is 8.01. The van der Waals surface area contributed by atoms with Gasteiger partial charge in [0.25, 0.3) is 11.4 Å². The summed E-state index contributed by atoms with van der Waals surface area (Å²) in [5, 5.41) is 33.5. The van der Waals surface area contributed by atoms with Crippen molar-refractivity contribution in [2.24, 2.45) is 0 Å². The molecule has 0 saturated heterocycles. The van der Waals surface area contributed by atoms with E-state index in [0.29, 0.717) is 9.47 Å². The van der Waals surface area contributed by atoms with Crippen LogP contribution in [0.1, 0.15) is 20.8 Å². The third-order valence-corrected chi connectivity index (χ3v) is 4.39. The monoisotopic (exact) mass is 355 g/mol. The van der Waals surface area contributed by atoms with Gasteiger partial charge in [-0.15, -0.1) is 10.2 Å². The van der Waals surface area contributed by atoms with E-state index in [0.717, 1.165) is 17.8 Å². The molecule has 9 nitrogen and oxygen atoms in total. The molecular weight excluding hydrogens is 342 g/mol. The Hall–Kier alpha value is -2.27. The third kappa shape index (κ3) is 4.60. The summed E-state index contributed by atoms with van der Waals surface area (Å²) in [6, 6.07) is 3.52. The lowest BCUT2D eigenvalue weighted by Gasteiger charge is -2.18. The second kappa shape index (κ2) is 6.46. The Kier molecular flexibility index (Phi) is 4.80.